The summed E-state index contributed by atoms with van der Waals surface area (Å²) in [5, 5.41) is 12.1. The van der Waals surface area contributed by atoms with E-state index in [1.54, 1.807) is 0 Å². The number of aryl methyl sites for hydroxylation is 3. The molecule has 1 radical (unpaired) electrons. The molecule has 8 rings (SSSR count). The van der Waals surface area contributed by atoms with Crippen molar-refractivity contribution in [1.82, 2.24) is 18.7 Å². The fourth-order valence-corrected chi connectivity index (χ4v) is 7.02. The zero-order chi connectivity index (χ0) is 24.8. The van der Waals surface area contributed by atoms with Crippen LogP contribution in [0, 0.1) is 20.0 Å². The maximum absolute atomic E-state index is 4.68. The number of fused-ring (bicyclic) bond motifs is 9. The van der Waals surface area contributed by atoms with Gasteiger partial charge in [-0.05, 0) is 72.1 Å². The molecule has 0 N–H and O–H groups in total. The summed E-state index contributed by atoms with van der Waals surface area (Å²) in [5.41, 5.74) is 8.37. The number of hydrogen-bond acceptors (Lipinski definition) is 2. The molecule has 5 aromatic heterocycles. The molecule has 0 atom stereocenters. The van der Waals surface area contributed by atoms with E-state index in [1.807, 2.05) is 22.0 Å². The maximum atomic E-state index is 4.68. The summed E-state index contributed by atoms with van der Waals surface area (Å²) < 4.78 is 6.57. The summed E-state index contributed by atoms with van der Waals surface area (Å²) in [5.74, 6) is 0. The predicted octanol–water partition coefficient (Wildman–Crippen LogP) is 8.22. The third kappa shape index (κ3) is 3.08. The summed E-state index contributed by atoms with van der Waals surface area (Å²) in [6.07, 6.45) is 5.49. The number of thiophene rings is 1. The van der Waals surface area contributed by atoms with Crippen LogP contribution in [0.15, 0.2) is 85.1 Å². The van der Waals surface area contributed by atoms with Crippen LogP contribution in [0.3, 0.4) is 0 Å². The third-order valence-corrected chi connectivity index (χ3v) is 8.82. The van der Waals surface area contributed by atoms with Gasteiger partial charge in [-0.3, -0.25) is 4.52 Å². The molecule has 0 unspecified atom stereocenters. The van der Waals surface area contributed by atoms with Crippen molar-refractivity contribution >= 4 is 60.3 Å². The first-order valence-corrected chi connectivity index (χ1v) is 13.3. The summed E-state index contributed by atoms with van der Waals surface area (Å²) in [6.45, 7) is 4.38. The SMILES string of the molecule is Cc1cc2c(cc1C)c1ccnn1c1[c-]n(C)c(-c3ccc(-n4c5ccccc5c5ccccc54)s3)c21.[Ir]. The monoisotopic (exact) mass is 688 g/mol. The number of benzene rings is 3. The molecule has 0 aliphatic rings. The van der Waals surface area contributed by atoms with Gasteiger partial charge in [-0.15, -0.1) is 16.7 Å². The van der Waals surface area contributed by atoms with Crippen molar-refractivity contribution in [2.24, 2.45) is 7.05 Å². The van der Waals surface area contributed by atoms with Crippen LogP contribution in [0.2, 0.25) is 0 Å². The molecule has 0 spiro atoms. The van der Waals surface area contributed by atoms with Gasteiger partial charge in [0, 0.05) is 37.1 Å². The second kappa shape index (κ2) is 8.40. The summed E-state index contributed by atoms with van der Waals surface area (Å²) in [7, 11) is 2.09. The Morgan fingerprint density at radius 2 is 1.39 bits per heavy atom. The number of aromatic nitrogens is 4. The zero-order valence-corrected chi connectivity index (χ0v) is 24.3. The molecule has 38 heavy (non-hydrogen) atoms. The van der Waals surface area contributed by atoms with Crippen molar-refractivity contribution in [3.05, 3.63) is 102 Å². The van der Waals surface area contributed by atoms with E-state index in [-0.39, 0.29) is 20.1 Å². The molecule has 0 saturated carbocycles. The van der Waals surface area contributed by atoms with Crippen LogP contribution in [0.1, 0.15) is 11.1 Å². The second-order valence-electron chi connectivity index (χ2n) is 9.86. The van der Waals surface area contributed by atoms with Crippen LogP contribution < -0.4 is 0 Å². The Balaban J connectivity index is 0.00000242. The van der Waals surface area contributed by atoms with Crippen molar-refractivity contribution in [3.8, 4) is 15.6 Å². The van der Waals surface area contributed by atoms with Gasteiger partial charge in [-0.2, -0.15) is 5.10 Å². The van der Waals surface area contributed by atoms with E-state index < -0.39 is 0 Å². The molecule has 0 aliphatic heterocycles. The molecular weight excluding hydrogens is 665 g/mol. The van der Waals surface area contributed by atoms with Crippen molar-refractivity contribution in [1.29, 1.82) is 0 Å². The standard InChI is InChI=1S/C32H23N4S.Ir/c1-19-16-23-24(17-20(19)2)31-28(36-27(23)14-15-33-36)18-34(3)32(31)29-12-13-30(37-29)35-25-10-6-4-8-21(25)22-9-5-7-11-26(22)35;/h4-17H,1-3H3;/q-1;. The Morgan fingerprint density at radius 3 is 2.11 bits per heavy atom. The molecule has 0 aliphatic carbocycles. The van der Waals surface area contributed by atoms with Gasteiger partial charge in [0.15, 0.2) is 0 Å². The van der Waals surface area contributed by atoms with Gasteiger partial charge in [-0.1, -0.05) is 71.9 Å². The first kappa shape index (κ1) is 23.4. The minimum atomic E-state index is 0. The number of hydrogen-bond donors (Lipinski definition) is 0. The average molecular weight is 688 g/mol. The Bertz CT molecular complexity index is 2140. The van der Waals surface area contributed by atoms with Crippen molar-refractivity contribution in [3.63, 3.8) is 0 Å². The quantitative estimate of drug-likeness (QED) is 0.168. The fraction of sp³-hybridized carbons (Fsp3) is 0.0938. The molecular formula is C32H23IrN4S-. The van der Waals surface area contributed by atoms with E-state index in [9.17, 15) is 0 Å². The molecule has 0 amide bonds. The Kier molecular flexibility index (Phi) is 5.18. The van der Waals surface area contributed by atoms with Crippen LogP contribution in [0.5, 0.6) is 0 Å². The van der Waals surface area contributed by atoms with Gasteiger partial charge in [0.25, 0.3) is 0 Å². The Hall–Kier alpha value is -3.70. The van der Waals surface area contributed by atoms with E-state index in [2.05, 4.69) is 120 Å². The van der Waals surface area contributed by atoms with E-state index in [0.717, 1.165) is 11.0 Å². The van der Waals surface area contributed by atoms with Crippen LogP contribution in [-0.2, 0) is 27.2 Å². The topological polar surface area (TPSA) is 27.2 Å². The van der Waals surface area contributed by atoms with Gasteiger partial charge in [0.1, 0.15) is 0 Å². The number of pyridine rings is 1. The minimum Gasteiger partial charge on any atom is -0.464 e. The van der Waals surface area contributed by atoms with E-state index >= 15 is 0 Å². The molecule has 5 heterocycles. The van der Waals surface area contributed by atoms with E-state index in [1.165, 1.54) is 64.7 Å². The fourth-order valence-electron chi connectivity index (χ4n) is 5.90. The van der Waals surface area contributed by atoms with Crippen molar-refractivity contribution in [2.45, 2.75) is 13.8 Å². The second-order valence-corrected chi connectivity index (χ2v) is 10.9. The molecule has 4 nitrogen and oxygen atoms in total. The van der Waals surface area contributed by atoms with E-state index in [4.69, 9.17) is 0 Å². The molecule has 187 valence electrons. The van der Waals surface area contributed by atoms with Crippen molar-refractivity contribution < 1.29 is 20.1 Å². The largest absolute Gasteiger partial charge is 0.464 e. The molecule has 0 bridgehead atoms. The summed E-state index contributed by atoms with van der Waals surface area (Å²) in [6, 6.07) is 28.6. The molecule has 0 fully saturated rings. The van der Waals surface area contributed by atoms with Gasteiger partial charge in [0.05, 0.1) is 21.6 Å². The first-order valence-electron chi connectivity index (χ1n) is 12.5. The van der Waals surface area contributed by atoms with Crippen LogP contribution >= 0.6 is 11.3 Å². The van der Waals surface area contributed by atoms with Gasteiger partial charge >= 0.3 is 0 Å². The Labute approximate surface area is 237 Å². The predicted molar refractivity (Wildman–Crippen MR) is 155 cm³/mol. The van der Waals surface area contributed by atoms with E-state index in [0.29, 0.717) is 0 Å². The van der Waals surface area contributed by atoms with Gasteiger partial charge in [0.2, 0.25) is 0 Å². The van der Waals surface area contributed by atoms with Gasteiger partial charge < -0.3 is 9.13 Å². The zero-order valence-electron chi connectivity index (χ0n) is 21.1. The number of rotatable bonds is 2. The van der Waals surface area contributed by atoms with Crippen LogP contribution in [0.25, 0.3) is 64.6 Å². The molecule has 8 aromatic rings. The normalized spacial score (nSPS) is 11.9. The smallest absolute Gasteiger partial charge is 0.0995 e. The number of para-hydroxylation sites is 2. The molecule has 0 saturated heterocycles. The van der Waals surface area contributed by atoms with Crippen molar-refractivity contribution in [2.75, 3.05) is 0 Å². The maximum Gasteiger partial charge on any atom is 0.0995 e. The third-order valence-electron chi connectivity index (χ3n) is 7.74. The van der Waals surface area contributed by atoms with Crippen LogP contribution in [-0.4, -0.2) is 18.7 Å². The number of nitrogens with zero attached hydrogens (tertiary/aromatic N) is 4. The summed E-state index contributed by atoms with van der Waals surface area (Å²) in [4.78, 5) is 1.22. The van der Waals surface area contributed by atoms with Crippen LogP contribution in [0.4, 0.5) is 0 Å². The first-order chi connectivity index (χ1) is 18.1. The molecule has 3 aromatic carbocycles. The minimum absolute atomic E-state index is 0. The average Bonchev–Trinajstić information content (AvgIpc) is 3.68. The Morgan fingerprint density at radius 1 is 0.737 bits per heavy atom. The molecule has 6 heteroatoms. The van der Waals surface area contributed by atoms with Gasteiger partial charge in [-0.25, -0.2) is 0 Å². The summed E-state index contributed by atoms with van der Waals surface area (Å²) >= 11 is 1.82.